The Labute approximate surface area is 232 Å². The smallest absolute Gasteiger partial charge is 0.318 e. The van der Waals surface area contributed by atoms with Gasteiger partial charge in [-0.05, 0) is 57.3 Å². The second-order valence-electron chi connectivity index (χ2n) is 11.3. The zero-order valence-corrected chi connectivity index (χ0v) is 22.9. The number of benzene rings is 2. The topological polar surface area (TPSA) is 82.8 Å². The van der Waals surface area contributed by atoms with E-state index >= 15 is 4.39 Å². The molecule has 1 N–H and O–H groups in total. The number of anilines is 2. The lowest BCUT2D eigenvalue weighted by molar-refractivity contribution is 0.187. The van der Waals surface area contributed by atoms with Gasteiger partial charge in [0.15, 0.2) is 0 Å². The molecule has 0 amide bonds. The Morgan fingerprint density at radius 3 is 2.90 bits per heavy atom. The molecular formula is C30H34FN7O2. The summed E-state index contributed by atoms with van der Waals surface area (Å²) in [6.07, 6.45) is 6.78. The number of aromatic hydroxyl groups is 1. The summed E-state index contributed by atoms with van der Waals surface area (Å²) in [5.41, 5.74) is 3.81. The monoisotopic (exact) mass is 543 g/mol. The molecule has 2 atom stereocenters. The van der Waals surface area contributed by atoms with Gasteiger partial charge in [-0.25, -0.2) is 9.37 Å². The number of rotatable bonds is 5. The minimum atomic E-state index is -0.301. The van der Waals surface area contributed by atoms with E-state index in [4.69, 9.17) is 14.7 Å². The normalized spacial score (nSPS) is 21.1. The molecule has 1 saturated heterocycles. The van der Waals surface area contributed by atoms with Crippen molar-refractivity contribution in [2.45, 2.75) is 57.9 Å². The van der Waals surface area contributed by atoms with Crippen LogP contribution in [-0.2, 0) is 26.1 Å². The molecule has 2 aromatic heterocycles. The van der Waals surface area contributed by atoms with E-state index in [2.05, 4.69) is 38.2 Å². The highest BCUT2D eigenvalue weighted by molar-refractivity contribution is 5.96. The van der Waals surface area contributed by atoms with E-state index in [9.17, 15) is 5.11 Å². The molecule has 4 aromatic rings. The zero-order valence-electron chi connectivity index (χ0n) is 22.9. The Balaban J connectivity index is 1.27. The summed E-state index contributed by atoms with van der Waals surface area (Å²) in [4.78, 5) is 21.0. The van der Waals surface area contributed by atoms with Gasteiger partial charge in [-0.2, -0.15) is 9.97 Å². The summed E-state index contributed by atoms with van der Waals surface area (Å²) in [5, 5.41) is 11.6. The number of hydrogen-bond donors (Lipinski definition) is 1. The largest absolute Gasteiger partial charge is 0.508 e. The number of likely N-dealkylation sites (tertiary alicyclic amines) is 1. The molecule has 0 spiro atoms. The molecule has 10 heteroatoms. The summed E-state index contributed by atoms with van der Waals surface area (Å²) >= 11 is 0. The van der Waals surface area contributed by atoms with Gasteiger partial charge in [0.1, 0.15) is 24.0 Å². The number of imidazole rings is 1. The Kier molecular flexibility index (Phi) is 6.22. The van der Waals surface area contributed by atoms with E-state index in [1.807, 2.05) is 18.6 Å². The van der Waals surface area contributed by atoms with Gasteiger partial charge in [0.05, 0.1) is 36.5 Å². The molecule has 1 fully saturated rings. The second kappa shape index (κ2) is 9.92. The lowest BCUT2D eigenvalue weighted by Crippen LogP contribution is -2.43. The maximum absolute atomic E-state index is 15.0. The third-order valence-corrected chi connectivity index (χ3v) is 8.73. The molecular weight excluding hydrogens is 509 g/mol. The number of halogens is 1. The molecule has 3 aliphatic heterocycles. The van der Waals surface area contributed by atoms with Gasteiger partial charge in [-0.15, -0.1) is 0 Å². The fourth-order valence-electron chi connectivity index (χ4n) is 6.49. The number of likely N-dealkylation sites (N-methyl/N-ethyl adjacent to an activating group) is 1. The first kappa shape index (κ1) is 25.1. The van der Waals surface area contributed by atoms with Crippen molar-refractivity contribution in [3.63, 3.8) is 0 Å². The van der Waals surface area contributed by atoms with Crippen LogP contribution in [0.2, 0.25) is 0 Å². The highest BCUT2D eigenvalue weighted by Crippen LogP contribution is 2.38. The standard InChI is InChI=1S/C30H34FN7O2/c1-19-14-37-18-32-13-22(37)15-38(19)29-24-8-10-36(27-12-23(39)11-20-5-3-7-25(31)28(20)27)16-26(24)33-30(34-29)40-17-21-6-4-9-35(21)2/h3,5,7,11-13,18-19,21,39H,4,6,8-10,14-17H2,1-2H3/t19-,21+/m1/s1. The number of nitrogens with zero attached hydrogens (tertiary/aromatic N) is 7. The van der Waals surface area contributed by atoms with Crippen LogP contribution in [0.1, 0.15) is 36.7 Å². The average Bonchev–Trinajstić information content (AvgIpc) is 3.58. The minimum Gasteiger partial charge on any atom is -0.508 e. The molecule has 0 aliphatic carbocycles. The summed E-state index contributed by atoms with van der Waals surface area (Å²) in [6.45, 7) is 6.50. The number of phenolic OH excluding ortho intramolecular Hbond substituents is 1. The fourth-order valence-corrected chi connectivity index (χ4v) is 6.49. The van der Waals surface area contributed by atoms with Gasteiger partial charge in [-0.1, -0.05) is 12.1 Å². The number of fused-ring (bicyclic) bond motifs is 3. The van der Waals surface area contributed by atoms with Crippen LogP contribution in [0.5, 0.6) is 11.8 Å². The first-order valence-electron chi connectivity index (χ1n) is 14.1. The van der Waals surface area contributed by atoms with E-state index in [0.29, 0.717) is 61.2 Å². The number of phenols is 1. The lowest BCUT2D eigenvalue weighted by Gasteiger charge is -2.38. The van der Waals surface area contributed by atoms with Crippen LogP contribution < -0.4 is 14.5 Å². The molecule has 5 heterocycles. The van der Waals surface area contributed by atoms with Crippen LogP contribution in [-0.4, -0.2) is 68.4 Å². The molecule has 0 unspecified atom stereocenters. The van der Waals surface area contributed by atoms with Crippen LogP contribution in [0.3, 0.4) is 0 Å². The van der Waals surface area contributed by atoms with E-state index in [-0.39, 0.29) is 17.6 Å². The van der Waals surface area contributed by atoms with Crippen molar-refractivity contribution in [2.75, 3.05) is 36.5 Å². The van der Waals surface area contributed by atoms with Crippen molar-refractivity contribution in [1.29, 1.82) is 0 Å². The molecule has 2 aromatic carbocycles. The highest BCUT2D eigenvalue weighted by atomic mass is 19.1. The first-order valence-corrected chi connectivity index (χ1v) is 14.1. The highest BCUT2D eigenvalue weighted by Gasteiger charge is 2.32. The third kappa shape index (κ3) is 4.40. The van der Waals surface area contributed by atoms with Crippen LogP contribution >= 0.6 is 0 Å². The summed E-state index contributed by atoms with van der Waals surface area (Å²) in [6, 6.07) is 9.18. The van der Waals surface area contributed by atoms with Gasteiger partial charge < -0.3 is 29.1 Å². The number of aromatic nitrogens is 4. The number of ether oxygens (including phenoxy) is 1. The molecule has 7 rings (SSSR count). The van der Waals surface area contributed by atoms with Crippen LogP contribution in [0.4, 0.5) is 15.9 Å². The van der Waals surface area contributed by atoms with Crippen molar-refractivity contribution in [3.05, 3.63) is 65.6 Å². The Bertz CT molecular complexity index is 1570. The molecule has 0 saturated carbocycles. The first-order chi connectivity index (χ1) is 19.4. The Hall–Kier alpha value is -3.92. The zero-order chi connectivity index (χ0) is 27.4. The van der Waals surface area contributed by atoms with Crippen molar-refractivity contribution in [2.24, 2.45) is 0 Å². The molecule has 40 heavy (non-hydrogen) atoms. The maximum Gasteiger partial charge on any atom is 0.318 e. The quantitative estimate of drug-likeness (QED) is 0.403. The fraction of sp³-hybridized carbons (Fsp3) is 0.433. The van der Waals surface area contributed by atoms with E-state index in [1.165, 1.54) is 12.5 Å². The van der Waals surface area contributed by atoms with Gasteiger partial charge in [0.2, 0.25) is 0 Å². The van der Waals surface area contributed by atoms with E-state index in [1.54, 1.807) is 18.2 Å². The Morgan fingerprint density at radius 1 is 1.15 bits per heavy atom. The van der Waals surface area contributed by atoms with Gasteiger partial charge >= 0.3 is 6.01 Å². The minimum absolute atomic E-state index is 0.116. The maximum atomic E-state index is 15.0. The van der Waals surface area contributed by atoms with Gasteiger partial charge in [0.25, 0.3) is 0 Å². The van der Waals surface area contributed by atoms with Crippen LogP contribution in [0, 0.1) is 5.82 Å². The third-order valence-electron chi connectivity index (χ3n) is 8.73. The summed E-state index contributed by atoms with van der Waals surface area (Å²) in [7, 11) is 2.13. The predicted molar refractivity (Wildman–Crippen MR) is 151 cm³/mol. The molecule has 9 nitrogen and oxygen atoms in total. The average molecular weight is 544 g/mol. The van der Waals surface area contributed by atoms with Crippen molar-refractivity contribution in [1.82, 2.24) is 24.4 Å². The second-order valence-corrected chi connectivity index (χ2v) is 11.3. The Morgan fingerprint density at radius 2 is 2.05 bits per heavy atom. The molecule has 0 bridgehead atoms. The predicted octanol–water partition coefficient (Wildman–Crippen LogP) is 4.12. The van der Waals surface area contributed by atoms with Crippen molar-refractivity contribution < 1.29 is 14.2 Å². The van der Waals surface area contributed by atoms with Crippen LogP contribution in [0.25, 0.3) is 10.8 Å². The molecule has 208 valence electrons. The van der Waals surface area contributed by atoms with Gasteiger partial charge in [0, 0.05) is 48.4 Å². The van der Waals surface area contributed by atoms with Crippen molar-refractivity contribution >= 4 is 22.3 Å². The molecule has 0 radical (unpaired) electrons. The van der Waals surface area contributed by atoms with Crippen LogP contribution in [0.15, 0.2) is 42.9 Å². The summed E-state index contributed by atoms with van der Waals surface area (Å²) in [5.74, 6) is 0.724. The van der Waals surface area contributed by atoms with E-state index in [0.717, 1.165) is 42.3 Å². The van der Waals surface area contributed by atoms with Crippen molar-refractivity contribution in [3.8, 4) is 11.8 Å². The summed E-state index contributed by atoms with van der Waals surface area (Å²) < 4.78 is 23.5. The lowest BCUT2D eigenvalue weighted by atomic mass is 10.0. The SMILES string of the molecule is C[C@@H]1Cn2cncc2CN1c1nc(OC[C@@H]2CCCN2C)nc2c1CCN(c1cc(O)cc3cccc(F)c13)C2. The van der Waals surface area contributed by atoms with Gasteiger partial charge in [-0.3, -0.25) is 0 Å². The van der Waals surface area contributed by atoms with E-state index < -0.39 is 0 Å². The molecule has 3 aliphatic rings. The number of hydrogen-bond acceptors (Lipinski definition) is 8.